The zero-order chi connectivity index (χ0) is 10.4. The summed E-state index contributed by atoms with van der Waals surface area (Å²) in [7, 11) is 1.39. The molecule has 6 nitrogen and oxygen atoms in total. The van der Waals surface area contributed by atoms with E-state index in [9.17, 15) is 4.79 Å². The molecule has 0 aromatic carbocycles. The molecule has 0 radical (unpaired) electrons. The van der Waals surface area contributed by atoms with E-state index >= 15 is 0 Å². The fourth-order valence-electron chi connectivity index (χ4n) is 0.639. The van der Waals surface area contributed by atoms with Gasteiger partial charge in [0.25, 0.3) is 11.1 Å². The van der Waals surface area contributed by atoms with E-state index < -0.39 is 5.91 Å². The maximum absolute atomic E-state index is 11.3. The molecule has 0 saturated heterocycles. The molecule has 0 aliphatic rings. The van der Waals surface area contributed by atoms with E-state index in [4.69, 9.17) is 0 Å². The Morgan fingerprint density at radius 1 is 1.50 bits per heavy atom. The summed E-state index contributed by atoms with van der Waals surface area (Å²) < 4.78 is 4.61. The summed E-state index contributed by atoms with van der Waals surface area (Å²) in [5.74, 6) is -0.433. The van der Waals surface area contributed by atoms with Crippen molar-refractivity contribution in [3.63, 3.8) is 0 Å². The molecular formula is C7H8N4O2S. The van der Waals surface area contributed by atoms with Crippen LogP contribution in [-0.4, -0.2) is 28.2 Å². The molecule has 2 N–H and O–H groups in total. The van der Waals surface area contributed by atoms with Gasteiger partial charge in [-0.3, -0.25) is 20.6 Å². The number of hydrazine groups is 1. The third-order valence-electron chi connectivity index (χ3n) is 1.26. The third kappa shape index (κ3) is 2.94. The minimum atomic E-state index is -0.433. The number of nitrogens with one attached hydrogen (secondary N) is 2. The number of hydrogen-bond donors (Lipinski definition) is 2. The number of carbonyl (C=O) groups is 1. The summed E-state index contributed by atoms with van der Waals surface area (Å²) >= 11 is 4.64. The number of methoxy groups -OCH3 is 1. The molecule has 1 amide bonds. The lowest BCUT2D eigenvalue weighted by Crippen LogP contribution is -2.41. The van der Waals surface area contributed by atoms with Crippen molar-refractivity contribution >= 4 is 23.3 Å². The fourth-order valence-corrected chi connectivity index (χ4v) is 0.690. The van der Waals surface area contributed by atoms with E-state index in [1.54, 1.807) is 0 Å². The van der Waals surface area contributed by atoms with Crippen molar-refractivity contribution in [2.24, 2.45) is 0 Å². The first-order chi connectivity index (χ1) is 6.74. The number of amides is 1. The van der Waals surface area contributed by atoms with E-state index in [0.29, 0.717) is 0 Å². The molecule has 0 aliphatic carbocycles. The van der Waals surface area contributed by atoms with Crippen LogP contribution in [0.2, 0.25) is 0 Å². The van der Waals surface area contributed by atoms with E-state index in [-0.39, 0.29) is 10.9 Å². The fraction of sp³-hybridized carbons (Fsp3) is 0.143. The van der Waals surface area contributed by atoms with Crippen LogP contribution in [0.4, 0.5) is 0 Å². The van der Waals surface area contributed by atoms with Crippen molar-refractivity contribution in [1.29, 1.82) is 0 Å². The molecule has 14 heavy (non-hydrogen) atoms. The zero-order valence-corrected chi connectivity index (χ0v) is 8.17. The van der Waals surface area contributed by atoms with Crippen LogP contribution in [-0.2, 0) is 4.74 Å². The van der Waals surface area contributed by atoms with Gasteiger partial charge in [-0.25, -0.2) is 4.98 Å². The lowest BCUT2D eigenvalue weighted by Gasteiger charge is -2.06. The molecule has 0 bridgehead atoms. The van der Waals surface area contributed by atoms with Crippen molar-refractivity contribution in [2.45, 2.75) is 0 Å². The van der Waals surface area contributed by atoms with Crippen molar-refractivity contribution in [3.05, 3.63) is 24.3 Å². The highest BCUT2D eigenvalue weighted by Crippen LogP contribution is 1.87. The molecule has 1 aromatic heterocycles. The molecule has 1 heterocycles. The predicted octanol–water partition coefficient (Wildman–Crippen LogP) is -0.358. The SMILES string of the molecule is COC(=S)NNC(=O)c1cnccn1. The van der Waals surface area contributed by atoms with Gasteiger partial charge < -0.3 is 4.74 Å². The van der Waals surface area contributed by atoms with Gasteiger partial charge in [0.05, 0.1) is 13.3 Å². The maximum Gasteiger partial charge on any atom is 0.289 e. The highest BCUT2D eigenvalue weighted by Gasteiger charge is 2.05. The van der Waals surface area contributed by atoms with Gasteiger partial charge in [0.1, 0.15) is 5.69 Å². The minimum Gasteiger partial charge on any atom is -0.473 e. The second kappa shape index (κ2) is 5.07. The first kappa shape index (κ1) is 10.3. The highest BCUT2D eigenvalue weighted by molar-refractivity contribution is 7.80. The number of nitrogens with zero attached hydrogens (tertiary/aromatic N) is 2. The summed E-state index contributed by atoms with van der Waals surface area (Å²) in [4.78, 5) is 18.8. The molecule has 7 heteroatoms. The van der Waals surface area contributed by atoms with Crippen molar-refractivity contribution in [1.82, 2.24) is 20.8 Å². The van der Waals surface area contributed by atoms with Crippen LogP contribution in [0.1, 0.15) is 10.5 Å². The number of hydrogen-bond acceptors (Lipinski definition) is 5. The van der Waals surface area contributed by atoms with Gasteiger partial charge in [0.15, 0.2) is 0 Å². The summed E-state index contributed by atoms with van der Waals surface area (Å²) in [6, 6.07) is 0. The highest BCUT2D eigenvalue weighted by atomic mass is 32.1. The Morgan fingerprint density at radius 3 is 2.86 bits per heavy atom. The Hall–Kier alpha value is -1.76. The third-order valence-corrected chi connectivity index (χ3v) is 1.53. The molecule has 0 saturated carbocycles. The predicted molar refractivity (Wildman–Crippen MR) is 52.2 cm³/mol. The van der Waals surface area contributed by atoms with Gasteiger partial charge in [0, 0.05) is 12.4 Å². The van der Waals surface area contributed by atoms with Crippen molar-refractivity contribution in [2.75, 3.05) is 7.11 Å². The van der Waals surface area contributed by atoms with Crippen LogP contribution in [0.25, 0.3) is 0 Å². The molecule has 0 atom stereocenters. The molecule has 1 rings (SSSR count). The van der Waals surface area contributed by atoms with Crippen LogP contribution >= 0.6 is 12.2 Å². The van der Waals surface area contributed by atoms with E-state index in [1.165, 1.54) is 25.7 Å². The summed E-state index contributed by atoms with van der Waals surface area (Å²) in [6.07, 6.45) is 4.24. The molecule has 0 aliphatic heterocycles. The average molecular weight is 212 g/mol. The van der Waals surface area contributed by atoms with Gasteiger partial charge in [-0.2, -0.15) is 0 Å². The van der Waals surface area contributed by atoms with E-state index in [2.05, 4.69) is 37.8 Å². The molecule has 0 spiro atoms. The lowest BCUT2D eigenvalue weighted by atomic mass is 10.4. The quantitative estimate of drug-likeness (QED) is 0.489. The number of carbonyl (C=O) groups excluding carboxylic acids is 1. The molecule has 0 fully saturated rings. The maximum atomic E-state index is 11.3. The molecule has 1 aromatic rings. The Balaban J connectivity index is 2.48. The lowest BCUT2D eigenvalue weighted by molar-refractivity contribution is 0.0935. The topological polar surface area (TPSA) is 76.1 Å². The zero-order valence-electron chi connectivity index (χ0n) is 7.35. The molecular weight excluding hydrogens is 204 g/mol. The van der Waals surface area contributed by atoms with E-state index in [1.807, 2.05) is 0 Å². The summed E-state index contributed by atoms with van der Waals surface area (Å²) in [5, 5.41) is 0.0715. The smallest absolute Gasteiger partial charge is 0.289 e. The first-order valence-electron chi connectivity index (χ1n) is 3.64. The van der Waals surface area contributed by atoms with Crippen molar-refractivity contribution < 1.29 is 9.53 Å². The van der Waals surface area contributed by atoms with Crippen LogP contribution in [0.15, 0.2) is 18.6 Å². The van der Waals surface area contributed by atoms with E-state index in [0.717, 1.165) is 0 Å². The summed E-state index contributed by atoms with van der Waals surface area (Å²) in [6.45, 7) is 0. The monoisotopic (exact) mass is 212 g/mol. The molecule has 74 valence electrons. The van der Waals surface area contributed by atoms with Crippen LogP contribution in [0.3, 0.4) is 0 Å². The number of ether oxygens (including phenoxy) is 1. The minimum absolute atomic E-state index is 0.0715. The van der Waals surface area contributed by atoms with Crippen LogP contribution in [0, 0.1) is 0 Å². The normalized spacial score (nSPS) is 8.93. The number of thiocarbonyl (C=S) groups is 1. The summed E-state index contributed by atoms with van der Waals surface area (Å²) in [5.41, 5.74) is 4.86. The van der Waals surface area contributed by atoms with Gasteiger partial charge >= 0.3 is 0 Å². The second-order valence-electron chi connectivity index (χ2n) is 2.16. The number of rotatable bonds is 1. The Morgan fingerprint density at radius 2 is 2.29 bits per heavy atom. The van der Waals surface area contributed by atoms with Gasteiger partial charge in [-0.05, 0) is 12.2 Å². The first-order valence-corrected chi connectivity index (χ1v) is 4.05. The van der Waals surface area contributed by atoms with Crippen LogP contribution in [0.5, 0.6) is 0 Å². The van der Waals surface area contributed by atoms with Crippen LogP contribution < -0.4 is 10.9 Å². The standard InChI is InChI=1S/C7H8N4O2S/c1-13-7(14)11-10-6(12)5-4-8-2-3-9-5/h2-4H,1H3,(H,10,12)(H,11,14). The Bertz CT molecular complexity index is 330. The molecule has 0 unspecified atom stereocenters. The van der Waals surface area contributed by atoms with Gasteiger partial charge in [-0.15, -0.1) is 0 Å². The largest absolute Gasteiger partial charge is 0.473 e. The second-order valence-corrected chi connectivity index (χ2v) is 2.53. The average Bonchev–Trinajstić information content (AvgIpc) is 2.26. The van der Waals surface area contributed by atoms with Crippen molar-refractivity contribution in [3.8, 4) is 0 Å². The Labute approximate surface area is 85.7 Å². The Kier molecular flexibility index (Phi) is 3.74. The van der Waals surface area contributed by atoms with Gasteiger partial charge in [-0.1, -0.05) is 0 Å². The van der Waals surface area contributed by atoms with Gasteiger partial charge in [0.2, 0.25) is 0 Å². The number of aromatic nitrogens is 2.